The molecule has 0 aliphatic rings. The van der Waals surface area contributed by atoms with Crippen molar-refractivity contribution in [1.82, 2.24) is 5.43 Å². The Hall–Kier alpha value is -3.16. The summed E-state index contributed by atoms with van der Waals surface area (Å²) in [7, 11) is 0. The fourth-order valence-electron chi connectivity index (χ4n) is 3.03. The van der Waals surface area contributed by atoms with Crippen LogP contribution in [0, 0.1) is 13.8 Å². The van der Waals surface area contributed by atoms with Crippen LogP contribution in [0.3, 0.4) is 0 Å². The van der Waals surface area contributed by atoms with E-state index in [2.05, 4.69) is 31.8 Å². The Balaban J connectivity index is 1.57. The maximum Gasteiger partial charge on any atom is 0.249 e. The predicted octanol–water partition coefficient (Wildman–Crippen LogP) is 5.78. The number of amides is 2. The molecule has 0 heterocycles. The zero-order chi connectivity index (χ0) is 23.8. The number of nitrogens with one attached hydrogen (secondary N) is 2. The quantitative estimate of drug-likeness (QED) is 0.221. The van der Waals surface area contributed by atoms with E-state index in [0.717, 1.165) is 21.2 Å². The molecule has 3 aromatic carbocycles. The molecule has 170 valence electrons. The summed E-state index contributed by atoms with van der Waals surface area (Å²) in [6.45, 7) is 4.16. The fourth-order valence-corrected chi connectivity index (χ4v) is 3.60. The molecule has 0 spiro atoms. The van der Waals surface area contributed by atoms with E-state index in [1.807, 2.05) is 62.4 Å². The average Bonchev–Trinajstić information content (AvgIpc) is 2.76. The number of hydrogen-bond donors (Lipinski definition) is 2. The monoisotopic (exact) mass is 527 g/mol. The summed E-state index contributed by atoms with van der Waals surface area (Å²) in [5.41, 5.74) is 6.59. The average molecular weight is 529 g/mol. The van der Waals surface area contributed by atoms with Gasteiger partial charge in [-0.1, -0.05) is 63.4 Å². The highest BCUT2D eigenvalue weighted by molar-refractivity contribution is 9.10. The van der Waals surface area contributed by atoms with Gasteiger partial charge in [-0.05, 0) is 49.7 Å². The molecule has 0 fully saturated rings. The third-order valence-electron chi connectivity index (χ3n) is 4.68. The Morgan fingerprint density at radius 2 is 1.85 bits per heavy atom. The maximum absolute atomic E-state index is 12.2. The minimum absolute atomic E-state index is 0.285. The first-order chi connectivity index (χ1) is 15.8. The van der Waals surface area contributed by atoms with E-state index in [0.29, 0.717) is 22.0 Å². The molecule has 0 bridgehead atoms. The number of nitrogens with zero attached hydrogens (tertiary/aromatic N) is 1. The number of anilines is 1. The number of carbonyl (C=O) groups excluding carboxylic acids is 2. The molecule has 0 saturated carbocycles. The second-order valence-corrected chi connectivity index (χ2v) is 8.72. The summed E-state index contributed by atoms with van der Waals surface area (Å²) in [5, 5.41) is 7.34. The largest absolute Gasteiger partial charge is 0.488 e. The lowest BCUT2D eigenvalue weighted by Gasteiger charge is -2.11. The number of carbonyl (C=O) groups is 2. The van der Waals surface area contributed by atoms with Crippen molar-refractivity contribution in [3.8, 4) is 5.75 Å². The second-order valence-electron chi connectivity index (χ2n) is 7.40. The predicted molar refractivity (Wildman–Crippen MR) is 135 cm³/mol. The highest BCUT2D eigenvalue weighted by Gasteiger charge is 2.11. The summed E-state index contributed by atoms with van der Waals surface area (Å²) in [6.07, 6.45) is 1.12. The number of ether oxygens (including phenoxy) is 1. The minimum atomic E-state index is -0.526. The summed E-state index contributed by atoms with van der Waals surface area (Å²) in [4.78, 5) is 24.3. The van der Waals surface area contributed by atoms with E-state index < -0.39 is 11.8 Å². The molecule has 3 rings (SSSR count). The molecule has 8 heteroatoms. The SMILES string of the molecule is Cc1ccc(NC(=O)CC(=O)NN=Cc2cc(Br)ccc2OCc2ccccc2Cl)c(C)c1. The van der Waals surface area contributed by atoms with Crippen LogP contribution in [0.5, 0.6) is 5.75 Å². The highest BCUT2D eigenvalue weighted by atomic mass is 79.9. The lowest BCUT2D eigenvalue weighted by molar-refractivity contribution is -0.126. The molecule has 0 aliphatic heterocycles. The molecule has 0 aromatic heterocycles. The van der Waals surface area contributed by atoms with Crippen LogP contribution in [0.15, 0.2) is 70.2 Å². The third-order valence-corrected chi connectivity index (χ3v) is 5.54. The zero-order valence-electron chi connectivity index (χ0n) is 18.2. The molecule has 0 radical (unpaired) electrons. The molecule has 33 heavy (non-hydrogen) atoms. The number of rotatable bonds is 8. The van der Waals surface area contributed by atoms with Gasteiger partial charge in [0.1, 0.15) is 18.8 Å². The molecule has 0 aliphatic carbocycles. The van der Waals surface area contributed by atoms with Crippen LogP contribution in [-0.2, 0) is 16.2 Å². The lowest BCUT2D eigenvalue weighted by Crippen LogP contribution is -2.24. The molecule has 6 nitrogen and oxygen atoms in total. The van der Waals surface area contributed by atoms with Gasteiger partial charge in [0.15, 0.2) is 0 Å². The van der Waals surface area contributed by atoms with Crippen molar-refractivity contribution in [3.05, 3.63) is 92.4 Å². The van der Waals surface area contributed by atoms with Gasteiger partial charge in [0, 0.05) is 26.3 Å². The van der Waals surface area contributed by atoms with E-state index in [-0.39, 0.29) is 13.0 Å². The smallest absolute Gasteiger partial charge is 0.249 e. The van der Waals surface area contributed by atoms with E-state index in [1.54, 1.807) is 12.1 Å². The lowest BCUT2D eigenvalue weighted by atomic mass is 10.1. The molecule has 0 atom stereocenters. The molecular weight excluding hydrogens is 506 g/mol. The van der Waals surface area contributed by atoms with Gasteiger partial charge in [-0.15, -0.1) is 0 Å². The van der Waals surface area contributed by atoms with Crippen LogP contribution in [0.25, 0.3) is 0 Å². The first-order valence-electron chi connectivity index (χ1n) is 10.2. The summed E-state index contributed by atoms with van der Waals surface area (Å²) < 4.78 is 6.72. The first-order valence-corrected chi connectivity index (χ1v) is 11.3. The fraction of sp³-hybridized carbons (Fsp3) is 0.160. The Morgan fingerprint density at radius 1 is 1.06 bits per heavy atom. The topological polar surface area (TPSA) is 79.8 Å². The molecular formula is C25H23BrClN3O3. The van der Waals surface area contributed by atoms with Crippen LogP contribution in [-0.4, -0.2) is 18.0 Å². The van der Waals surface area contributed by atoms with Crippen molar-refractivity contribution in [2.45, 2.75) is 26.9 Å². The number of halogens is 2. The van der Waals surface area contributed by atoms with Crippen molar-refractivity contribution < 1.29 is 14.3 Å². The Labute approximate surface area is 206 Å². The number of hydrogen-bond acceptors (Lipinski definition) is 4. The van der Waals surface area contributed by atoms with Crippen LogP contribution in [0.4, 0.5) is 5.69 Å². The van der Waals surface area contributed by atoms with Crippen LogP contribution in [0.2, 0.25) is 5.02 Å². The van der Waals surface area contributed by atoms with Gasteiger partial charge in [-0.2, -0.15) is 5.10 Å². The van der Waals surface area contributed by atoms with Crippen molar-refractivity contribution in [1.29, 1.82) is 0 Å². The Morgan fingerprint density at radius 3 is 2.61 bits per heavy atom. The van der Waals surface area contributed by atoms with Crippen molar-refractivity contribution in [2.75, 3.05) is 5.32 Å². The van der Waals surface area contributed by atoms with Crippen molar-refractivity contribution in [3.63, 3.8) is 0 Å². The van der Waals surface area contributed by atoms with Gasteiger partial charge < -0.3 is 10.1 Å². The second kappa shape index (κ2) is 11.6. The molecule has 2 N–H and O–H groups in total. The van der Waals surface area contributed by atoms with E-state index in [4.69, 9.17) is 16.3 Å². The number of aryl methyl sites for hydroxylation is 2. The molecule has 3 aromatic rings. The van der Waals surface area contributed by atoms with E-state index in [9.17, 15) is 9.59 Å². The van der Waals surface area contributed by atoms with Crippen molar-refractivity contribution >= 4 is 51.2 Å². The molecule has 0 saturated heterocycles. The first kappa shape index (κ1) is 24.5. The van der Waals surface area contributed by atoms with E-state index >= 15 is 0 Å². The van der Waals surface area contributed by atoms with Crippen LogP contribution in [0.1, 0.15) is 28.7 Å². The van der Waals surface area contributed by atoms with Gasteiger partial charge in [-0.3, -0.25) is 9.59 Å². The Bertz CT molecular complexity index is 1200. The molecule has 2 amide bonds. The van der Waals surface area contributed by atoms with Crippen molar-refractivity contribution in [2.24, 2.45) is 5.10 Å². The minimum Gasteiger partial charge on any atom is -0.488 e. The maximum atomic E-state index is 12.2. The summed E-state index contributed by atoms with van der Waals surface area (Å²) in [5.74, 6) is -0.369. The number of benzene rings is 3. The van der Waals surface area contributed by atoms with Gasteiger partial charge in [0.05, 0.1) is 6.21 Å². The van der Waals surface area contributed by atoms with Crippen LogP contribution < -0.4 is 15.5 Å². The standard InChI is InChI=1S/C25H23BrClN3O3/c1-16-7-9-22(17(2)11-16)29-24(31)13-25(32)30-28-14-19-12-20(26)8-10-23(19)33-15-18-5-3-4-6-21(18)27/h3-12,14H,13,15H2,1-2H3,(H,29,31)(H,30,32). The zero-order valence-corrected chi connectivity index (χ0v) is 20.5. The van der Waals surface area contributed by atoms with E-state index in [1.165, 1.54) is 6.21 Å². The summed E-state index contributed by atoms with van der Waals surface area (Å²) in [6, 6.07) is 18.6. The Kier molecular flexibility index (Phi) is 8.63. The van der Waals surface area contributed by atoms with Gasteiger partial charge in [0.25, 0.3) is 0 Å². The van der Waals surface area contributed by atoms with Gasteiger partial charge >= 0.3 is 0 Å². The summed E-state index contributed by atoms with van der Waals surface area (Å²) >= 11 is 9.61. The molecule has 0 unspecified atom stereocenters. The van der Waals surface area contributed by atoms with Gasteiger partial charge in [0.2, 0.25) is 11.8 Å². The van der Waals surface area contributed by atoms with Crippen LogP contribution >= 0.6 is 27.5 Å². The number of hydrazone groups is 1. The highest BCUT2D eigenvalue weighted by Crippen LogP contribution is 2.24. The normalized spacial score (nSPS) is 10.8. The van der Waals surface area contributed by atoms with Gasteiger partial charge in [-0.25, -0.2) is 5.43 Å². The third kappa shape index (κ3) is 7.44.